The third-order valence-electron chi connectivity index (χ3n) is 2.78. The Morgan fingerprint density at radius 1 is 1.25 bits per heavy atom. The molecule has 0 spiro atoms. The molecule has 0 amide bonds. The maximum atomic E-state index is 11.7. The first-order chi connectivity index (χ1) is 7.70. The molecule has 2 rings (SSSR count). The van der Waals surface area contributed by atoms with Gasteiger partial charge >= 0.3 is 0 Å². The maximum Gasteiger partial charge on any atom is 0.170 e. The first-order valence-electron chi connectivity index (χ1n) is 5.40. The number of hydrogen-bond donors (Lipinski definition) is 0. The van der Waals surface area contributed by atoms with Gasteiger partial charge in [-0.2, -0.15) is 0 Å². The van der Waals surface area contributed by atoms with Crippen molar-refractivity contribution in [1.82, 2.24) is 0 Å². The summed E-state index contributed by atoms with van der Waals surface area (Å²) in [5.41, 5.74) is 0.579. The minimum Gasteiger partial charge on any atom is -0.497 e. The lowest BCUT2D eigenvalue weighted by Crippen LogP contribution is -2.09. The van der Waals surface area contributed by atoms with Gasteiger partial charge in [0.2, 0.25) is 0 Å². The van der Waals surface area contributed by atoms with Crippen LogP contribution in [-0.4, -0.2) is 18.7 Å². The van der Waals surface area contributed by atoms with Gasteiger partial charge in [-0.25, -0.2) is 0 Å². The SMILES string of the molecule is COc1ccc(C(=O)CC(=O)C2CC2)cc1. The molecule has 0 unspecified atom stereocenters. The normalized spacial score (nSPS) is 14.6. The van der Waals surface area contributed by atoms with Crippen molar-refractivity contribution in [3.8, 4) is 5.75 Å². The molecule has 0 radical (unpaired) electrons. The summed E-state index contributed by atoms with van der Waals surface area (Å²) in [4.78, 5) is 23.2. The first-order valence-corrected chi connectivity index (χ1v) is 5.40. The van der Waals surface area contributed by atoms with Gasteiger partial charge in [0.15, 0.2) is 5.78 Å². The summed E-state index contributed by atoms with van der Waals surface area (Å²) < 4.78 is 5.00. The Kier molecular flexibility index (Phi) is 3.04. The number of ketones is 2. The average molecular weight is 218 g/mol. The van der Waals surface area contributed by atoms with Crippen LogP contribution in [0.25, 0.3) is 0 Å². The Balaban J connectivity index is 1.99. The minimum absolute atomic E-state index is 0.0387. The molecule has 0 aromatic heterocycles. The molecular weight excluding hydrogens is 204 g/mol. The second kappa shape index (κ2) is 4.47. The number of ether oxygens (including phenoxy) is 1. The summed E-state index contributed by atoms with van der Waals surface area (Å²) in [6.45, 7) is 0. The van der Waals surface area contributed by atoms with Gasteiger partial charge in [0.05, 0.1) is 13.5 Å². The van der Waals surface area contributed by atoms with Crippen molar-refractivity contribution in [3.63, 3.8) is 0 Å². The van der Waals surface area contributed by atoms with Crippen molar-refractivity contribution >= 4 is 11.6 Å². The van der Waals surface area contributed by atoms with Crippen LogP contribution in [0.1, 0.15) is 29.6 Å². The molecule has 16 heavy (non-hydrogen) atoms. The molecule has 1 aliphatic rings. The molecule has 3 nitrogen and oxygen atoms in total. The van der Waals surface area contributed by atoms with Crippen LogP contribution in [-0.2, 0) is 4.79 Å². The summed E-state index contributed by atoms with van der Waals surface area (Å²) >= 11 is 0. The highest BCUT2D eigenvalue weighted by Gasteiger charge is 2.30. The lowest BCUT2D eigenvalue weighted by Gasteiger charge is -2.02. The molecule has 0 bridgehead atoms. The number of carbonyl (C=O) groups excluding carboxylic acids is 2. The van der Waals surface area contributed by atoms with Gasteiger partial charge in [-0.15, -0.1) is 0 Å². The van der Waals surface area contributed by atoms with Crippen molar-refractivity contribution in [2.45, 2.75) is 19.3 Å². The van der Waals surface area contributed by atoms with Crippen molar-refractivity contribution in [2.75, 3.05) is 7.11 Å². The standard InChI is InChI=1S/C13H14O3/c1-16-11-6-4-10(5-7-11)13(15)8-12(14)9-2-3-9/h4-7,9H,2-3,8H2,1H3. The van der Waals surface area contributed by atoms with Crippen molar-refractivity contribution < 1.29 is 14.3 Å². The van der Waals surface area contributed by atoms with Crippen LogP contribution < -0.4 is 4.74 Å². The van der Waals surface area contributed by atoms with E-state index in [9.17, 15) is 9.59 Å². The van der Waals surface area contributed by atoms with Crippen LogP contribution in [0.4, 0.5) is 0 Å². The summed E-state index contributed by atoms with van der Waals surface area (Å²) in [7, 11) is 1.58. The average Bonchev–Trinajstić information content (AvgIpc) is 3.13. The van der Waals surface area contributed by atoms with E-state index in [2.05, 4.69) is 0 Å². The molecule has 84 valence electrons. The zero-order valence-corrected chi connectivity index (χ0v) is 9.23. The largest absolute Gasteiger partial charge is 0.497 e. The fourth-order valence-corrected chi connectivity index (χ4v) is 1.59. The zero-order chi connectivity index (χ0) is 11.5. The molecule has 0 saturated heterocycles. The number of hydrogen-bond acceptors (Lipinski definition) is 3. The van der Waals surface area contributed by atoms with E-state index in [1.54, 1.807) is 31.4 Å². The van der Waals surface area contributed by atoms with Crippen LogP contribution in [0, 0.1) is 5.92 Å². The Hall–Kier alpha value is -1.64. The third-order valence-corrected chi connectivity index (χ3v) is 2.78. The Bertz CT molecular complexity index is 402. The van der Waals surface area contributed by atoms with Crippen LogP contribution in [0.5, 0.6) is 5.75 Å². The second-order valence-electron chi connectivity index (χ2n) is 4.07. The lowest BCUT2D eigenvalue weighted by atomic mass is 10.0. The van der Waals surface area contributed by atoms with E-state index < -0.39 is 0 Å². The van der Waals surface area contributed by atoms with E-state index in [1.807, 2.05) is 0 Å². The number of Topliss-reactive ketones (excluding diaryl/α,β-unsaturated/α-hetero) is 2. The predicted octanol–water partition coefficient (Wildman–Crippen LogP) is 2.25. The first kappa shape index (κ1) is 10.9. The smallest absolute Gasteiger partial charge is 0.170 e. The maximum absolute atomic E-state index is 11.7. The molecule has 1 aromatic rings. The second-order valence-corrected chi connectivity index (χ2v) is 4.07. The lowest BCUT2D eigenvalue weighted by molar-refractivity contribution is -0.119. The number of methoxy groups -OCH3 is 1. The summed E-state index contributed by atoms with van der Waals surface area (Å²) in [6, 6.07) is 6.85. The highest BCUT2D eigenvalue weighted by molar-refractivity contribution is 6.09. The van der Waals surface area contributed by atoms with Gasteiger partial charge in [-0.1, -0.05) is 0 Å². The van der Waals surface area contributed by atoms with Crippen LogP contribution in [0.2, 0.25) is 0 Å². The van der Waals surface area contributed by atoms with Crippen molar-refractivity contribution in [2.24, 2.45) is 5.92 Å². The minimum atomic E-state index is -0.0976. The monoisotopic (exact) mass is 218 g/mol. The summed E-state index contributed by atoms with van der Waals surface area (Å²) in [6.07, 6.45) is 1.94. The molecular formula is C13H14O3. The van der Waals surface area contributed by atoms with Gasteiger partial charge in [0, 0.05) is 11.5 Å². The quantitative estimate of drug-likeness (QED) is 0.562. The van der Waals surface area contributed by atoms with E-state index >= 15 is 0 Å². The number of rotatable bonds is 5. The predicted molar refractivity (Wildman–Crippen MR) is 59.7 cm³/mol. The van der Waals surface area contributed by atoms with Crippen molar-refractivity contribution in [1.29, 1.82) is 0 Å². The van der Waals surface area contributed by atoms with E-state index in [0.29, 0.717) is 11.3 Å². The van der Waals surface area contributed by atoms with Crippen molar-refractivity contribution in [3.05, 3.63) is 29.8 Å². The zero-order valence-electron chi connectivity index (χ0n) is 9.23. The van der Waals surface area contributed by atoms with Gasteiger partial charge in [0.1, 0.15) is 11.5 Å². The number of benzene rings is 1. The van der Waals surface area contributed by atoms with E-state index in [1.165, 1.54) is 0 Å². The highest BCUT2D eigenvalue weighted by Crippen LogP contribution is 2.31. The van der Waals surface area contributed by atoms with E-state index in [4.69, 9.17) is 4.74 Å². The molecule has 0 atom stereocenters. The molecule has 0 heterocycles. The van der Waals surface area contributed by atoms with Crippen LogP contribution in [0.15, 0.2) is 24.3 Å². The Morgan fingerprint density at radius 3 is 2.38 bits per heavy atom. The Morgan fingerprint density at radius 2 is 1.88 bits per heavy atom. The molecule has 1 saturated carbocycles. The number of carbonyl (C=O) groups is 2. The van der Waals surface area contributed by atoms with Crippen LogP contribution >= 0.6 is 0 Å². The molecule has 1 aliphatic carbocycles. The topological polar surface area (TPSA) is 43.4 Å². The molecule has 1 fully saturated rings. The summed E-state index contributed by atoms with van der Waals surface area (Å²) in [5.74, 6) is 0.854. The molecule has 3 heteroatoms. The van der Waals surface area contributed by atoms with E-state index in [0.717, 1.165) is 12.8 Å². The van der Waals surface area contributed by atoms with Crippen LogP contribution in [0.3, 0.4) is 0 Å². The third kappa shape index (κ3) is 2.48. The fourth-order valence-electron chi connectivity index (χ4n) is 1.59. The molecule has 0 aliphatic heterocycles. The highest BCUT2D eigenvalue weighted by atomic mass is 16.5. The summed E-state index contributed by atoms with van der Waals surface area (Å²) in [5, 5.41) is 0. The Labute approximate surface area is 94.4 Å². The fraction of sp³-hybridized carbons (Fsp3) is 0.385. The van der Waals surface area contributed by atoms with Gasteiger partial charge < -0.3 is 4.74 Å². The van der Waals surface area contributed by atoms with Gasteiger partial charge in [0.25, 0.3) is 0 Å². The molecule has 0 N–H and O–H groups in total. The van der Waals surface area contributed by atoms with E-state index in [-0.39, 0.29) is 23.9 Å². The van der Waals surface area contributed by atoms with Gasteiger partial charge in [-0.05, 0) is 37.1 Å². The van der Waals surface area contributed by atoms with Gasteiger partial charge in [-0.3, -0.25) is 9.59 Å². The molecule has 1 aromatic carbocycles.